The van der Waals surface area contributed by atoms with Gasteiger partial charge < -0.3 is 11.1 Å². The van der Waals surface area contributed by atoms with Gasteiger partial charge >= 0.3 is 6.03 Å². The Bertz CT molecular complexity index is 106. The first-order valence-electron chi connectivity index (χ1n) is 3.08. The zero-order chi connectivity index (χ0) is 7.98. The fourth-order valence-corrected chi connectivity index (χ4v) is 0.524. The number of nitrogens with two attached hydrogens (primary N) is 1. The number of hydrogen-bond donors (Lipinski definition) is 3. The van der Waals surface area contributed by atoms with E-state index in [1.807, 2.05) is 7.05 Å². The van der Waals surface area contributed by atoms with E-state index in [2.05, 4.69) is 10.7 Å². The predicted molar refractivity (Wildman–Crippen MR) is 39.3 cm³/mol. The monoisotopic (exact) mass is 146 g/mol. The lowest BCUT2D eigenvalue weighted by atomic mass is 10.6. The highest BCUT2D eigenvalue weighted by Crippen LogP contribution is 1.70. The summed E-state index contributed by atoms with van der Waals surface area (Å²) in [4.78, 5) is 10.2. The van der Waals surface area contributed by atoms with Gasteiger partial charge in [0.1, 0.15) is 0 Å². The van der Waals surface area contributed by atoms with Crippen LogP contribution < -0.4 is 16.5 Å². The van der Waals surface area contributed by atoms with Crippen molar-refractivity contribution in [2.45, 2.75) is 0 Å². The minimum Gasteiger partial charge on any atom is -0.351 e. The average Bonchev–Trinajstić information content (AvgIpc) is 1.82. The Labute approximate surface area is 60.5 Å². The van der Waals surface area contributed by atoms with Crippen LogP contribution in [-0.2, 0) is 0 Å². The van der Waals surface area contributed by atoms with Crippen LogP contribution in [0.25, 0.3) is 0 Å². The number of hydrazine groups is 1. The van der Waals surface area contributed by atoms with Crippen LogP contribution in [0.1, 0.15) is 0 Å². The number of carbonyl (C=O) groups excluding carboxylic acids is 1. The van der Waals surface area contributed by atoms with E-state index in [-0.39, 0.29) is 0 Å². The lowest BCUT2D eigenvalue weighted by Crippen LogP contribution is -2.44. The largest absolute Gasteiger partial charge is 0.351 e. The molecule has 60 valence electrons. The highest BCUT2D eigenvalue weighted by atomic mass is 16.2. The van der Waals surface area contributed by atoms with E-state index in [0.29, 0.717) is 0 Å². The summed E-state index contributed by atoms with van der Waals surface area (Å²) in [6, 6.07) is -0.529. The molecule has 0 bridgehead atoms. The van der Waals surface area contributed by atoms with Crippen LogP contribution in [0.3, 0.4) is 0 Å². The summed E-state index contributed by atoms with van der Waals surface area (Å²) in [6.07, 6.45) is 0. The Morgan fingerprint density at radius 3 is 2.70 bits per heavy atom. The maximum absolute atomic E-state index is 10.2. The first-order valence-corrected chi connectivity index (χ1v) is 3.08. The molecule has 2 amide bonds. The Hall–Kier alpha value is -0.810. The molecule has 5 heteroatoms. The summed E-state index contributed by atoms with van der Waals surface area (Å²) >= 11 is 0. The molecule has 0 saturated heterocycles. The van der Waals surface area contributed by atoms with E-state index in [1.54, 1.807) is 12.1 Å². The number of nitrogens with one attached hydrogen (secondary N) is 2. The maximum atomic E-state index is 10.2. The molecular formula is C5H14N4O. The smallest absolute Gasteiger partial charge is 0.326 e. The molecule has 0 aromatic carbocycles. The van der Waals surface area contributed by atoms with E-state index >= 15 is 0 Å². The molecule has 0 saturated carbocycles. The summed E-state index contributed by atoms with van der Waals surface area (Å²) in [6.45, 7) is 1.55. The molecule has 0 aliphatic rings. The molecular weight excluding hydrogens is 132 g/mol. The molecule has 0 spiro atoms. The minimum atomic E-state index is -0.529. The quantitative estimate of drug-likeness (QED) is 0.433. The summed E-state index contributed by atoms with van der Waals surface area (Å²) < 4.78 is 0. The molecule has 10 heavy (non-hydrogen) atoms. The SMILES string of the molecule is CNCCN(C)NC(N)=O. The highest BCUT2D eigenvalue weighted by molar-refractivity contribution is 5.70. The van der Waals surface area contributed by atoms with E-state index in [4.69, 9.17) is 5.73 Å². The molecule has 0 aromatic heterocycles. The second-order valence-corrected chi connectivity index (χ2v) is 2.00. The Morgan fingerprint density at radius 2 is 2.30 bits per heavy atom. The molecule has 0 aliphatic heterocycles. The lowest BCUT2D eigenvalue weighted by molar-refractivity contribution is 0.206. The van der Waals surface area contributed by atoms with Gasteiger partial charge in [0.2, 0.25) is 0 Å². The van der Waals surface area contributed by atoms with E-state index in [1.165, 1.54) is 0 Å². The zero-order valence-electron chi connectivity index (χ0n) is 6.35. The van der Waals surface area contributed by atoms with Crippen LogP contribution in [0.2, 0.25) is 0 Å². The van der Waals surface area contributed by atoms with Gasteiger partial charge in [0.15, 0.2) is 0 Å². The van der Waals surface area contributed by atoms with Crippen molar-refractivity contribution in [3.8, 4) is 0 Å². The average molecular weight is 146 g/mol. The normalized spacial score (nSPS) is 9.90. The molecule has 0 aliphatic carbocycles. The molecule has 0 aromatic rings. The Balaban J connectivity index is 3.25. The van der Waals surface area contributed by atoms with Crippen molar-refractivity contribution >= 4 is 6.03 Å². The zero-order valence-corrected chi connectivity index (χ0v) is 6.35. The Morgan fingerprint density at radius 1 is 1.70 bits per heavy atom. The van der Waals surface area contributed by atoms with Gasteiger partial charge in [-0.25, -0.2) is 9.80 Å². The number of hydrogen-bond acceptors (Lipinski definition) is 3. The first kappa shape index (κ1) is 9.19. The minimum absolute atomic E-state index is 0.529. The van der Waals surface area contributed by atoms with E-state index in [9.17, 15) is 4.79 Å². The molecule has 0 heterocycles. The number of amides is 2. The van der Waals surface area contributed by atoms with Crippen LogP contribution in [0, 0.1) is 0 Å². The van der Waals surface area contributed by atoms with Gasteiger partial charge in [-0.1, -0.05) is 0 Å². The third-order valence-electron chi connectivity index (χ3n) is 0.998. The van der Waals surface area contributed by atoms with Gasteiger partial charge in [-0.2, -0.15) is 0 Å². The fraction of sp³-hybridized carbons (Fsp3) is 0.800. The highest BCUT2D eigenvalue weighted by Gasteiger charge is 1.96. The standard InChI is InChI=1S/C5H14N4O/c1-7-3-4-9(2)8-5(6)10/h7H,3-4H2,1-2H3,(H3,6,8,10). The molecule has 0 atom stereocenters. The van der Waals surface area contributed by atoms with Gasteiger partial charge in [0, 0.05) is 20.1 Å². The first-order chi connectivity index (χ1) is 4.66. The van der Waals surface area contributed by atoms with Crippen molar-refractivity contribution < 1.29 is 4.79 Å². The van der Waals surface area contributed by atoms with E-state index in [0.717, 1.165) is 13.1 Å². The van der Waals surface area contributed by atoms with Gasteiger partial charge in [-0.15, -0.1) is 0 Å². The lowest BCUT2D eigenvalue weighted by Gasteiger charge is -2.15. The number of nitrogens with zero attached hydrogens (tertiary/aromatic N) is 1. The molecule has 0 rings (SSSR count). The summed E-state index contributed by atoms with van der Waals surface area (Å²) in [7, 11) is 3.60. The van der Waals surface area contributed by atoms with Crippen LogP contribution in [-0.4, -0.2) is 38.2 Å². The molecule has 0 fully saturated rings. The topological polar surface area (TPSA) is 70.4 Å². The van der Waals surface area contributed by atoms with E-state index < -0.39 is 6.03 Å². The van der Waals surface area contributed by atoms with Gasteiger partial charge in [0.25, 0.3) is 0 Å². The fourth-order valence-electron chi connectivity index (χ4n) is 0.524. The third-order valence-corrected chi connectivity index (χ3v) is 0.998. The summed E-state index contributed by atoms with van der Waals surface area (Å²) in [5, 5.41) is 4.56. The van der Waals surface area contributed by atoms with Gasteiger partial charge in [-0.3, -0.25) is 5.43 Å². The van der Waals surface area contributed by atoms with Crippen LogP contribution in [0.4, 0.5) is 4.79 Å². The van der Waals surface area contributed by atoms with Crippen molar-refractivity contribution in [1.29, 1.82) is 0 Å². The summed E-state index contributed by atoms with van der Waals surface area (Å²) in [5.74, 6) is 0. The van der Waals surface area contributed by atoms with Crippen molar-refractivity contribution in [1.82, 2.24) is 15.8 Å². The molecule has 4 N–H and O–H groups in total. The van der Waals surface area contributed by atoms with Crippen molar-refractivity contribution in [3.05, 3.63) is 0 Å². The number of carbonyl (C=O) groups is 1. The van der Waals surface area contributed by atoms with Crippen LogP contribution in [0.15, 0.2) is 0 Å². The van der Waals surface area contributed by atoms with Crippen molar-refractivity contribution in [2.24, 2.45) is 5.73 Å². The number of rotatable bonds is 4. The Kier molecular flexibility index (Phi) is 4.61. The van der Waals surface area contributed by atoms with Crippen molar-refractivity contribution in [3.63, 3.8) is 0 Å². The second-order valence-electron chi connectivity index (χ2n) is 2.00. The van der Waals surface area contributed by atoms with Gasteiger partial charge in [0.05, 0.1) is 0 Å². The molecule has 0 radical (unpaired) electrons. The predicted octanol–water partition coefficient (Wildman–Crippen LogP) is -1.28. The van der Waals surface area contributed by atoms with Gasteiger partial charge in [-0.05, 0) is 7.05 Å². The number of likely N-dealkylation sites (N-methyl/N-ethyl adjacent to an activating group) is 2. The number of urea groups is 1. The second kappa shape index (κ2) is 5.01. The van der Waals surface area contributed by atoms with Crippen molar-refractivity contribution in [2.75, 3.05) is 27.2 Å². The number of primary amides is 1. The van der Waals surface area contributed by atoms with Crippen LogP contribution in [0.5, 0.6) is 0 Å². The maximum Gasteiger partial charge on any atom is 0.326 e. The van der Waals surface area contributed by atoms with Crippen LogP contribution >= 0.6 is 0 Å². The molecule has 5 nitrogen and oxygen atoms in total. The third kappa shape index (κ3) is 5.33. The summed E-state index contributed by atoms with van der Waals surface area (Å²) in [5.41, 5.74) is 7.26. The molecule has 0 unspecified atom stereocenters.